The van der Waals surface area contributed by atoms with Crippen molar-refractivity contribution in [2.24, 2.45) is 4.99 Å². The number of guanidine groups is 1. The number of ether oxygens (including phenoxy) is 2. The van der Waals surface area contributed by atoms with Gasteiger partial charge in [-0.1, -0.05) is 13.0 Å². The molecule has 28 heavy (non-hydrogen) atoms. The number of nitrogens with zero attached hydrogens (tertiary/aromatic N) is 1. The van der Waals surface area contributed by atoms with E-state index in [1.165, 1.54) is 0 Å². The van der Waals surface area contributed by atoms with Gasteiger partial charge < -0.3 is 29.6 Å². The molecular weight excluding hydrogens is 358 g/mol. The second-order valence-corrected chi connectivity index (χ2v) is 6.63. The van der Waals surface area contributed by atoms with Gasteiger partial charge in [-0.05, 0) is 50.1 Å². The van der Waals surface area contributed by atoms with Crippen LogP contribution >= 0.6 is 0 Å². The first-order valence-electron chi connectivity index (χ1n) is 9.58. The van der Waals surface area contributed by atoms with E-state index in [4.69, 9.17) is 13.9 Å². The highest BCUT2D eigenvalue weighted by Crippen LogP contribution is 2.28. The molecule has 0 aliphatic heterocycles. The summed E-state index contributed by atoms with van der Waals surface area (Å²) >= 11 is 0. The third-order valence-electron chi connectivity index (χ3n) is 4.11. The predicted molar refractivity (Wildman–Crippen MR) is 110 cm³/mol. The number of furan rings is 1. The maximum atomic E-state index is 10.6. The Labute approximate surface area is 166 Å². The first kappa shape index (κ1) is 21.6. The summed E-state index contributed by atoms with van der Waals surface area (Å²) in [6.07, 6.45) is 2.49. The molecule has 7 nitrogen and oxygen atoms in total. The van der Waals surface area contributed by atoms with Gasteiger partial charge in [-0.2, -0.15) is 0 Å². The van der Waals surface area contributed by atoms with Gasteiger partial charge >= 0.3 is 0 Å². The number of rotatable bonds is 10. The lowest BCUT2D eigenvalue weighted by Crippen LogP contribution is -2.44. The highest BCUT2D eigenvalue weighted by atomic mass is 16.5. The number of nitrogens with one attached hydrogen (secondary N) is 2. The monoisotopic (exact) mass is 389 g/mol. The molecule has 0 spiro atoms. The Bertz CT molecular complexity index is 742. The summed E-state index contributed by atoms with van der Waals surface area (Å²) in [5.41, 5.74) is -0.142. The van der Waals surface area contributed by atoms with Crippen LogP contribution in [0.15, 0.2) is 46.0 Å². The molecule has 0 aliphatic rings. The van der Waals surface area contributed by atoms with Gasteiger partial charge in [0.25, 0.3) is 0 Å². The predicted octanol–water partition coefficient (Wildman–Crippen LogP) is 3.04. The second-order valence-electron chi connectivity index (χ2n) is 6.63. The van der Waals surface area contributed by atoms with Gasteiger partial charge in [0.1, 0.15) is 11.4 Å². The molecule has 7 heteroatoms. The third kappa shape index (κ3) is 6.20. The van der Waals surface area contributed by atoms with Crippen LogP contribution in [0.4, 0.5) is 0 Å². The lowest BCUT2D eigenvalue weighted by Gasteiger charge is -2.22. The summed E-state index contributed by atoms with van der Waals surface area (Å²) in [5, 5.41) is 16.9. The van der Waals surface area contributed by atoms with Crippen LogP contribution in [0.1, 0.15) is 38.5 Å². The van der Waals surface area contributed by atoms with E-state index >= 15 is 0 Å². The first-order chi connectivity index (χ1) is 13.5. The van der Waals surface area contributed by atoms with Crippen molar-refractivity contribution < 1.29 is 19.0 Å². The van der Waals surface area contributed by atoms with E-state index in [0.29, 0.717) is 37.2 Å². The zero-order valence-electron chi connectivity index (χ0n) is 17.1. The smallest absolute Gasteiger partial charge is 0.191 e. The molecule has 154 valence electrons. The van der Waals surface area contributed by atoms with E-state index in [2.05, 4.69) is 22.5 Å². The highest BCUT2D eigenvalue weighted by Gasteiger charge is 2.26. The number of methoxy groups -OCH3 is 1. The lowest BCUT2D eigenvalue weighted by atomic mass is 10.0. The van der Waals surface area contributed by atoms with E-state index in [0.717, 1.165) is 17.7 Å². The zero-order chi connectivity index (χ0) is 20.4. The van der Waals surface area contributed by atoms with Gasteiger partial charge in [0.05, 0.1) is 33.1 Å². The minimum atomic E-state index is -1.14. The summed E-state index contributed by atoms with van der Waals surface area (Å²) in [6.45, 7) is 7.84. The van der Waals surface area contributed by atoms with Crippen LogP contribution in [-0.2, 0) is 12.1 Å². The Hall–Kier alpha value is -2.67. The lowest BCUT2D eigenvalue weighted by molar-refractivity contribution is 0.0386. The molecule has 1 unspecified atom stereocenters. The Morgan fingerprint density at radius 2 is 2.04 bits per heavy atom. The largest absolute Gasteiger partial charge is 0.493 e. The van der Waals surface area contributed by atoms with Gasteiger partial charge in [0, 0.05) is 6.54 Å². The molecule has 1 heterocycles. The standard InChI is InChI=1S/C21H31N3O4/c1-5-11-27-17-10-9-16(13-18(17)26-4)14-23-20(22-6-2)24-15-21(3,25)19-8-7-12-28-19/h7-10,12-13,25H,5-6,11,14-15H2,1-4H3,(H2,22,23,24). The third-order valence-corrected chi connectivity index (χ3v) is 4.11. The van der Waals surface area contributed by atoms with E-state index in [-0.39, 0.29) is 6.54 Å². The SMILES string of the molecule is CCCOc1ccc(CN=C(NCC)NCC(C)(O)c2ccco2)cc1OC. The molecule has 0 amide bonds. The summed E-state index contributed by atoms with van der Waals surface area (Å²) in [5.74, 6) is 2.54. The van der Waals surface area contributed by atoms with E-state index in [9.17, 15) is 5.11 Å². The molecule has 1 aromatic carbocycles. The quantitative estimate of drug-likeness (QED) is 0.428. The second kappa shape index (κ2) is 10.6. The maximum Gasteiger partial charge on any atom is 0.191 e. The van der Waals surface area contributed by atoms with Gasteiger partial charge in [-0.3, -0.25) is 0 Å². The molecule has 0 radical (unpaired) electrons. The van der Waals surface area contributed by atoms with Crippen LogP contribution < -0.4 is 20.1 Å². The molecule has 2 aromatic rings. The zero-order valence-corrected chi connectivity index (χ0v) is 17.1. The molecule has 0 fully saturated rings. The summed E-state index contributed by atoms with van der Waals surface area (Å²) in [6, 6.07) is 9.31. The normalized spacial score (nSPS) is 13.7. The Balaban J connectivity index is 2.03. The average Bonchev–Trinajstić information content (AvgIpc) is 3.24. The fourth-order valence-corrected chi connectivity index (χ4v) is 2.58. The van der Waals surface area contributed by atoms with Crippen molar-refractivity contribution in [2.75, 3.05) is 26.8 Å². The summed E-state index contributed by atoms with van der Waals surface area (Å²) < 4.78 is 16.4. The summed E-state index contributed by atoms with van der Waals surface area (Å²) in [7, 11) is 1.63. The molecule has 1 aromatic heterocycles. The molecule has 0 bridgehead atoms. The number of aliphatic imine (C=N–C) groups is 1. The number of hydrogen-bond acceptors (Lipinski definition) is 5. The van der Waals surface area contributed by atoms with Crippen molar-refractivity contribution in [2.45, 2.75) is 39.3 Å². The maximum absolute atomic E-state index is 10.6. The molecule has 0 saturated heterocycles. The molecule has 3 N–H and O–H groups in total. The Morgan fingerprint density at radius 1 is 1.21 bits per heavy atom. The van der Waals surface area contributed by atoms with Crippen LogP contribution in [0.3, 0.4) is 0 Å². The molecule has 2 rings (SSSR count). The fourth-order valence-electron chi connectivity index (χ4n) is 2.58. The first-order valence-corrected chi connectivity index (χ1v) is 9.58. The topological polar surface area (TPSA) is 88.2 Å². The van der Waals surface area contributed by atoms with Gasteiger partial charge in [-0.15, -0.1) is 0 Å². The van der Waals surface area contributed by atoms with Crippen molar-refractivity contribution in [3.05, 3.63) is 47.9 Å². The van der Waals surface area contributed by atoms with Gasteiger partial charge in [-0.25, -0.2) is 4.99 Å². The number of hydrogen-bond donors (Lipinski definition) is 3. The van der Waals surface area contributed by atoms with Crippen molar-refractivity contribution in [3.63, 3.8) is 0 Å². The minimum Gasteiger partial charge on any atom is -0.493 e. The van der Waals surface area contributed by atoms with Crippen molar-refractivity contribution >= 4 is 5.96 Å². The number of benzene rings is 1. The molecule has 1 atom stereocenters. The van der Waals surface area contributed by atoms with Crippen LogP contribution in [0.25, 0.3) is 0 Å². The van der Waals surface area contributed by atoms with Crippen LogP contribution in [-0.4, -0.2) is 37.9 Å². The van der Waals surface area contributed by atoms with Crippen LogP contribution in [0.5, 0.6) is 11.5 Å². The van der Waals surface area contributed by atoms with E-state index < -0.39 is 5.60 Å². The Morgan fingerprint density at radius 3 is 2.68 bits per heavy atom. The van der Waals surface area contributed by atoms with Crippen LogP contribution in [0.2, 0.25) is 0 Å². The molecule has 0 aliphatic carbocycles. The van der Waals surface area contributed by atoms with E-state index in [1.807, 2.05) is 25.1 Å². The summed E-state index contributed by atoms with van der Waals surface area (Å²) in [4.78, 5) is 4.59. The molecule has 0 saturated carbocycles. The highest BCUT2D eigenvalue weighted by molar-refractivity contribution is 5.79. The molecular formula is C21H31N3O4. The van der Waals surface area contributed by atoms with E-state index in [1.54, 1.807) is 32.4 Å². The Kier molecular flexibility index (Phi) is 8.19. The number of aliphatic hydroxyl groups is 1. The fraction of sp³-hybridized carbons (Fsp3) is 0.476. The van der Waals surface area contributed by atoms with Crippen molar-refractivity contribution in [1.82, 2.24) is 10.6 Å². The van der Waals surface area contributed by atoms with Crippen molar-refractivity contribution in [1.29, 1.82) is 0 Å². The average molecular weight is 389 g/mol. The minimum absolute atomic E-state index is 0.263. The van der Waals surface area contributed by atoms with Crippen molar-refractivity contribution in [3.8, 4) is 11.5 Å². The van der Waals surface area contributed by atoms with Crippen LogP contribution in [0, 0.1) is 0 Å². The van der Waals surface area contributed by atoms with Gasteiger partial charge in [0.15, 0.2) is 17.5 Å². The van der Waals surface area contributed by atoms with Gasteiger partial charge in [0.2, 0.25) is 0 Å².